The molecule has 1 aromatic heterocycles. The molecule has 1 fully saturated rings. The average Bonchev–Trinajstić information content (AvgIpc) is 3.04. The molecule has 2 N–H and O–H groups in total. The van der Waals surface area contributed by atoms with Crippen LogP contribution >= 0.6 is 11.6 Å². The molecule has 0 aliphatic carbocycles. The zero-order valence-corrected chi connectivity index (χ0v) is 19.4. The Balaban J connectivity index is 1.50. The third-order valence-corrected chi connectivity index (χ3v) is 6.13. The van der Waals surface area contributed by atoms with E-state index in [1.165, 1.54) is 24.1 Å². The minimum atomic E-state index is 0.370. The van der Waals surface area contributed by atoms with Gasteiger partial charge in [0, 0.05) is 43.4 Å². The lowest BCUT2D eigenvalue weighted by Gasteiger charge is -2.40. The third-order valence-electron chi connectivity index (χ3n) is 5.90. The van der Waals surface area contributed by atoms with Gasteiger partial charge in [-0.3, -0.25) is 14.6 Å². The van der Waals surface area contributed by atoms with Crippen LogP contribution in [0.5, 0.6) is 0 Å². The van der Waals surface area contributed by atoms with Gasteiger partial charge in [-0.1, -0.05) is 23.7 Å². The van der Waals surface area contributed by atoms with E-state index < -0.39 is 0 Å². The van der Waals surface area contributed by atoms with Crippen molar-refractivity contribution in [1.82, 2.24) is 25.3 Å². The summed E-state index contributed by atoms with van der Waals surface area (Å²) in [7, 11) is 4.04. The first-order valence-corrected chi connectivity index (χ1v) is 11.3. The SMILES string of the molecule is CN=C(NCCCn1nc(C)cc1C)NCC1CCCN(C)C1c1cccc(Cl)c1. The Morgan fingerprint density at radius 2 is 2.10 bits per heavy atom. The number of benzene rings is 1. The van der Waals surface area contributed by atoms with E-state index in [-0.39, 0.29) is 0 Å². The normalized spacial score (nSPS) is 20.4. The van der Waals surface area contributed by atoms with Gasteiger partial charge in [0.1, 0.15) is 0 Å². The van der Waals surface area contributed by atoms with Crippen LogP contribution in [-0.4, -0.2) is 54.4 Å². The topological polar surface area (TPSA) is 57.5 Å². The molecule has 2 atom stereocenters. The van der Waals surface area contributed by atoms with Crippen LogP contribution in [-0.2, 0) is 6.54 Å². The molecule has 7 heteroatoms. The molecule has 30 heavy (non-hydrogen) atoms. The molecule has 2 unspecified atom stereocenters. The number of aryl methyl sites for hydroxylation is 3. The molecule has 0 bridgehead atoms. The Labute approximate surface area is 185 Å². The zero-order chi connectivity index (χ0) is 21.5. The fourth-order valence-electron chi connectivity index (χ4n) is 4.48. The summed E-state index contributed by atoms with van der Waals surface area (Å²) >= 11 is 6.27. The number of halogens is 1. The van der Waals surface area contributed by atoms with Crippen LogP contribution in [0.25, 0.3) is 0 Å². The molecule has 0 spiro atoms. The summed E-state index contributed by atoms with van der Waals surface area (Å²) in [6.45, 7) is 7.91. The first-order chi connectivity index (χ1) is 14.5. The molecule has 2 heterocycles. The second-order valence-corrected chi connectivity index (χ2v) is 8.70. The highest BCUT2D eigenvalue weighted by molar-refractivity contribution is 6.30. The monoisotopic (exact) mass is 430 g/mol. The predicted molar refractivity (Wildman–Crippen MR) is 125 cm³/mol. The van der Waals surface area contributed by atoms with E-state index in [2.05, 4.69) is 62.5 Å². The van der Waals surface area contributed by atoms with Crippen molar-refractivity contribution in [2.75, 3.05) is 33.7 Å². The third kappa shape index (κ3) is 5.99. The number of hydrogen-bond donors (Lipinski definition) is 2. The van der Waals surface area contributed by atoms with Gasteiger partial charge < -0.3 is 10.6 Å². The van der Waals surface area contributed by atoms with Gasteiger partial charge in [0.15, 0.2) is 5.96 Å². The van der Waals surface area contributed by atoms with Crippen LogP contribution in [0.15, 0.2) is 35.3 Å². The maximum Gasteiger partial charge on any atom is 0.190 e. The number of nitrogens with zero attached hydrogens (tertiary/aromatic N) is 4. The van der Waals surface area contributed by atoms with Crippen LogP contribution in [0, 0.1) is 19.8 Å². The van der Waals surface area contributed by atoms with Crippen molar-refractivity contribution in [2.45, 2.75) is 45.7 Å². The molecule has 2 aromatic rings. The Bertz CT molecular complexity index is 846. The first kappa shape index (κ1) is 22.6. The van der Waals surface area contributed by atoms with Crippen LogP contribution in [0.3, 0.4) is 0 Å². The lowest BCUT2D eigenvalue weighted by Crippen LogP contribution is -2.45. The van der Waals surface area contributed by atoms with Gasteiger partial charge in [-0.25, -0.2) is 0 Å². The summed E-state index contributed by atoms with van der Waals surface area (Å²) in [5, 5.41) is 12.3. The number of likely N-dealkylation sites (tertiary alicyclic amines) is 1. The predicted octanol–water partition coefficient (Wildman–Crippen LogP) is 3.79. The van der Waals surface area contributed by atoms with Gasteiger partial charge >= 0.3 is 0 Å². The quantitative estimate of drug-likeness (QED) is 0.398. The fraction of sp³-hybridized carbons (Fsp3) is 0.565. The van der Waals surface area contributed by atoms with Gasteiger partial charge in [-0.05, 0) is 76.4 Å². The van der Waals surface area contributed by atoms with Crippen molar-refractivity contribution in [2.24, 2.45) is 10.9 Å². The van der Waals surface area contributed by atoms with E-state index in [0.29, 0.717) is 12.0 Å². The summed E-state index contributed by atoms with van der Waals surface area (Å²) in [4.78, 5) is 6.86. The van der Waals surface area contributed by atoms with Crippen molar-refractivity contribution in [3.8, 4) is 0 Å². The lowest BCUT2D eigenvalue weighted by molar-refractivity contribution is 0.122. The molecule has 1 saturated heterocycles. The zero-order valence-electron chi connectivity index (χ0n) is 18.7. The Morgan fingerprint density at radius 1 is 1.27 bits per heavy atom. The molecule has 164 valence electrons. The number of hydrogen-bond acceptors (Lipinski definition) is 3. The minimum absolute atomic E-state index is 0.370. The summed E-state index contributed by atoms with van der Waals surface area (Å²) in [6, 6.07) is 10.8. The van der Waals surface area contributed by atoms with Crippen molar-refractivity contribution >= 4 is 17.6 Å². The van der Waals surface area contributed by atoms with Crippen molar-refractivity contribution in [1.29, 1.82) is 0 Å². The van der Waals surface area contributed by atoms with E-state index in [1.54, 1.807) is 0 Å². The highest BCUT2D eigenvalue weighted by Gasteiger charge is 2.30. The van der Waals surface area contributed by atoms with Gasteiger partial charge in [0.2, 0.25) is 0 Å². The average molecular weight is 431 g/mol. The Kier molecular flexibility index (Phi) is 8.16. The number of aromatic nitrogens is 2. The van der Waals surface area contributed by atoms with Crippen molar-refractivity contribution in [3.63, 3.8) is 0 Å². The Morgan fingerprint density at radius 3 is 2.80 bits per heavy atom. The molecule has 6 nitrogen and oxygen atoms in total. The molecule has 0 saturated carbocycles. The van der Waals surface area contributed by atoms with Crippen LogP contribution < -0.4 is 10.6 Å². The molecular formula is C23H35ClN6. The number of aliphatic imine (C=N–C) groups is 1. The van der Waals surface area contributed by atoms with Crippen LogP contribution in [0.1, 0.15) is 42.3 Å². The summed E-state index contributed by atoms with van der Waals surface area (Å²) in [5.41, 5.74) is 3.58. The number of nitrogens with one attached hydrogen (secondary N) is 2. The summed E-state index contributed by atoms with van der Waals surface area (Å²) < 4.78 is 2.07. The fourth-order valence-corrected chi connectivity index (χ4v) is 4.67. The van der Waals surface area contributed by atoms with E-state index in [0.717, 1.165) is 49.3 Å². The summed E-state index contributed by atoms with van der Waals surface area (Å²) in [6.07, 6.45) is 3.41. The van der Waals surface area contributed by atoms with Gasteiger partial charge in [-0.15, -0.1) is 0 Å². The Hall–Kier alpha value is -2.05. The van der Waals surface area contributed by atoms with E-state index in [9.17, 15) is 0 Å². The molecule has 1 aliphatic heterocycles. The molecular weight excluding hydrogens is 396 g/mol. The molecule has 1 aromatic carbocycles. The maximum absolute atomic E-state index is 6.27. The molecule has 0 amide bonds. The van der Waals surface area contributed by atoms with E-state index in [1.807, 2.05) is 26.1 Å². The number of guanidine groups is 1. The van der Waals surface area contributed by atoms with Gasteiger partial charge in [0.05, 0.1) is 5.69 Å². The van der Waals surface area contributed by atoms with Crippen molar-refractivity contribution in [3.05, 3.63) is 52.3 Å². The van der Waals surface area contributed by atoms with E-state index in [4.69, 9.17) is 11.6 Å². The highest BCUT2D eigenvalue weighted by Crippen LogP contribution is 2.35. The smallest absolute Gasteiger partial charge is 0.190 e. The van der Waals surface area contributed by atoms with Crippen LogP contribution in [0.4, 0.5) is 0 Å². The second kappa shape index (κ2) is 10.8. The molecule has 3 rings (SSSR count). The van der Waals surface area contributed by atoms with Crippen LogP contribution in [0.2, 0.25) is 5.02 Å². The highest BCUT2D eigenvalue weighted by atomic mass is 35.5. The number of rotatable bonds is 7. The standard InChI is InChI=1S/C23H35ClN6/c1-17-14-18(2)30(28-17)13-7-11-26-23(25-3)27-16-20-9-6-12-29(4)22(20)19-8-5-10-21(24)15-19/h5,8,10,14-15,20,22H,6-7,9,11-13,16H2,1-4H3,(H2,25,26,27). The molecule has 1 aliphatic rings. The molecule has 0 radical (unpaired) electrons. The largest absolute Gasteiger partial charge is 0.356 e. The van der Waals surface area contributed by atoms with Crippen molar-refractivity contribution < 1.29 is 0 Å². The van der Waals surface area contributed by atoms with E-state index >= 15 is 0 Å². The maximum atomic E-state index is 6.27. The van der Waals surface area contributed by atoms with Gasteiger partial charge in [0.25, 0.3) is 0 Å². The minimum Gasteiger partial charge on any atom is -0.356 e. The second-order valence-electron chi connectivity index (χ2n) is 8.27. The van der Waals surface area contributed by atoms with Gasteiger partial charge in [-0.2, -0.15) is 5.10 Å². The lowest BCUT2D eigenvalue weighted by atomic mass is 9.85. The number of piperidine rings is 1. The summed E-state index contributed by atoms with van der Waals surface area (Å²) in [5.74, 6) is 1.37. The first-order valence-electron chi connectivity index (χ1n) is 10.9.